The van der Waals surface area contributed by atoms with E-state index in [0.29, 0.717) is 16.0 Å². The highest BCUT2D eigenvalue weighted by molar-refractivity contribution is 6.45. The molecule has 2 aromatic rings. The lowest BCUT2D eigenvalue weighted by molar-refractivity contribution is -0.254. The standard InChI is InChI=1S/C26H27N3O8/c1-28-23(33)19(24(34)29(2)26(28)36)15-9-5-8-14-12-6-3-4-7-13(12)16(18(14)15)10-27-20-22(32)21(31)17(11-30)37-25(20)35/h3-9,17,20-22,25,27,30-32,35H,10-11H2,1-2H3/t17-,20-,21-,22-,25?/m1/s1. The molecule has 0 radical (unpaired) electrons. The number of urea groups is 1. The Kier molecular flexibility index (Phi) is 6.44. The Balaban J connectivity index is 1.67. The maximum atomic E-state index is 13.1. The molecule has 5 atom stereocenters. The molecule has 37 heavy (non-hydrogen) atoms. The molecule has 5 rings (SSSR count). The molecule has 11 nitrogen and oxygen atoms in total. The van der Waals surface area contributed by atoms with Crippen LogP contribution in [0, 0.1) is 0 Å². The lowest BCUT2D eigenvalue weighted by atomic mass is 9.96. The molecule has 1 aliphatic carbocycles. The second-order valence-electron chi connectivity index (χ2n) is 9.27. The van der Waals surface area contributed by atoms with Gasteiger partial charge < -0.3 is 30.5 Å². The number of carbonyl (C=O) groups is 3. The summed E-state index contributed by atoms with van der Waals surface area (Å²) in [6.07, 6.45) is -5.50. The van der Waals surface area contributed by atoms with Crippen molar-refractivity contribution in [2.24, 2.45) is 0 Å². The van der Waals surface area contributed by atoms with Crippen LogP contribution in [-0.2, 0) is 14.3 Å². The number of amides is 4. The molecule has 2 saturated heterocycles. The van der Waals surface area contributed by atoms with E-state index in [1.165, 1.54) is 14.1 Å². The first kappa shape index (κ1) is 25.2. The van der Waals surface area contributed by atoms with Gasteiger partial charge in [0.15, 0.2) is 6.29 Å². The van der Waals surface area contributed by atoms with E-state index in [0.717, 1.165) is 26.5 Å². The van der Waals surface area contributed by atoms with Gasteiger partial charge in [-0.3, -0.25) is 19.4 Å². The zero-order valence-corrected chi connectivity index (χ0v) is 20.2. The number of hydrogen-bond donors (Lipinski definition) is 5. The molecular weight excluding hydrogens is 482 g/mol. The fourth-order valence-corrected chi connectivity index (χ4v) is 5.20. The first-order valence-electron chi connectivity index (χ1n) is 11.8. The van der Waals surface area contributed by atoms with Crippen molar-refractivity contribution in [3.63, 3.8) is 0 Å². The highest BCUT2D eigenvalue weighted by atomic mass is 16.6. The van der Waals surface area contributed by atoms with Crippen molar-refractivity contribution in [1.82, 2.24) is 15.1 Å². The van der Waals surface area contributed by atoms with Gasteiger partial charge in [-0.15, -0.1) is 0 Å². The Bertz CT molecular complexity index is 1400. The predicted octanol–water partition coefficient (Wildman–Crippen LogP) is -2.54. The summed E-state index contributed by atoms with van der Waals surface area (Å²) >= 11 is 0. The van der Waals surface area contributed by atoms with Crippen LogP contribution in [0.15, 0.2) is 42.5 Å². The SMILES string of the molecule is CN1C(=O)C(=c2cccc3c2=C(CN[C@H]2C(O)O[C@H](CO)[C@@H](O)[C@@H]2O)c2ccccc2-3)C(=O)N(C)C1=O. The lowest BCUT2D eigenvalue weighted by Gasteiger charge is -2.40. The largest absolute Gasteiger partial charge is 0.394 e. The average Bonchev–Trinajstić information content (AvgIpc) is 3.23. The Labute approximate surface area is 211 Å². The van der Waals surface area contributed by atoms with Crippen molar-refractivity contribution in [3.05, 3.63) is 58.5 Å². The van der Waals surface area contributed by atoms with Crippen molar-refractivity contribution in [1.29, 1.82) is 0 Å². The number of rotatable bonds is 4. The number of barbiturate groups is 1. The molecule has 194 valence electrons. The minimum Gasteiger partial charge on any atom is -0.394 e. The number of imide groups is 2. The normalized spacial score (nSPS) is 27.6. The third-order valence-corrected chi connectivity index (χ3v) is 7.20. The van der Waals surface area contributed by atoms with E-state index in [1.54, 1.807) is 12.1 Å². The molecule has 0 bridgehead atoms. The molecule has 0 aromatic heterocycles. The number of hydrogen-bond acceptors (Lipinski definition) is 9. The fourth-order valence-electron chi connectivity index (χ4n) is 5.20. The molecule has 4 amide bonds. The van der Waals surface area contributed by atoms with Crippen LogP contribution in [0.1, 0.15) is 5.56 Å². The number of aliphatic hydroxyl groups is 4. The Hall–Kier alpha value is -3.45. The molecular formula is C26H27N3O8. The van der Waals surface area contributed by atoms with Gasteiger partial charge >= 0.3 is 6.03 Å². The zero-order chi connectivity index (χ0) is 26.6. The van der Waals surface area contributed by atoms with Crippen molar-refractivity contribution in [2.75, 3.05) is 27.2 Å². The number of ether oxygens (including phenoxy) is 1. The second kappa shape index (κ2) is 9.45. The minimum absolute atomic E-state index is 0.0694. The van der Waals surface area contributed by atoms with Crippen molar-refractivity contribution in [3.8, 4) is 11.1 Å². The molecule has 11 heteroatoms. The third kappa shape index (κ3) is 3.87. The minimum atomic E-state index is -1.51. The van der Waals surface area contributed by atoms with Crippen LogP contribution in [0.2, 0.25) is 0 Å². The Morgan fingerprint density at radius 3 is 2.14 bits per heavy atom. The van der Waals surface area contributed by atoms with Gasteiger partial charge in [-0.1, -0.05) is 42.5 Å². The molecule has 2 fully saturated rings. The molecule has 1 unspecified atom stereocenters. The molecule has 0 saturated carbocycles. The van der Waals surface area contributed by atoms with E-state index in [-0.39, 0.29) is 12.1 Å². The first-order valence-corrected chi connectivity index (χ1v) is 11.8. The molecule has 0 spiro atoms. The molecule has 2 aromatic carbocycles. The molecule has 5 N–H and O–H groups in total. The number of carbonyl (C=O) groups excluding carboxylic acids is 3. The van der Waals surface area contributed by atoms with Gasteiger partial charge in [-0.05, 0) is 27.5 Å². The van der Waals surface area contributed by atoms with Gasteiger partial charge in [0.25, 0.3) is 11.8 Å². The fraction of sp³-hybridized carbons (Fsp3) is 0.346. The topological polar surface area (TPSA) is 160 Å². The Morgan fingerprint density at radius 2 is 1.49 bits per heavy atom. The van der Waals surface area contributed by atoms with Crippen LogP contribution < -0.4 is 15.8 Å². The second-order valence-corrected chi connectivity index (χ2v) is 9.27. The van der Waals surface area contributed by atoms with E-state index >= 15 is 0 Å². The van der Waals surface area contributed by atoms with E-state index in [1.807, 2.05) is 30.3 Å². The molecule has 2 aliphatic heterocycles. The van der Waals surface area contributed by atoms with Crippen LogP contribution in [0.3, 0.4) is 0 Å². The number of fused-ring (bicyclic) bond motifs is 3. The van der Waals surface area contributed by atoms with Crippen molar-refractivity contribution >= 4 is 29.0 Å². The summed E-state index contributed by atoms with van der Waals surface area (Å²) in [5.41, 5.74) is 3.01. The predicted molar refractivity (Wildman–Crippen MR) is 130 cm³/mol. The van der Waals surface area contributed by atoms with Gasteiger partial charge in [0, 0.05) is 25.9 Å². The summed E-state index contributed by atoms with van der Waals surface area (Å²) in [4.78, 5) is 40.3. The first-order chi connectivity index (χ1) is 17.7. The lowest BCUT2D eigenvalue weighted by Crippen LogP contribution is -2.63. The van der Waals surface area contributed by atoms with Crippen LogP contribution in [0.4, 0.5) is 4.79 Å². The summed E-state index contributed by atoms with van der Waals surface area (Å²) < 4.78 is 5.25. The van der Waals surface area contributed by atoms with Gasteiger partial charge in [0.2, 0.25) is 0 Å². The third-order valence-electron chi connectivity index (χ3n) is 7.20. The maximum Gasteiger partial charge on any atom is 0.333 e. The van der Waals surface area contributed by atoms with Crippen LogP contribution in [0.25, 0.3) is 22.3 Å². The number of nitrogens with one attached hydrogen (secondary N) is 1. The van der Waals surface area contributed by atoms with Crippen LogP contribution in [0.5, 0.6) is 0 Å². The zero-order valence-electron chi connectivity index (χ0n) is 20.2. The van der Waals surface area contributed by atoms with Crippen molar-refractivity contribution in [2.45, 2.75) is 30.6 Å². The quantitative estimate of drug-likeness (QED) is 0.299. The van der Waals surface area contributed by atoms with Gasteiger partial charge in [-0.25, -0.2) is 4.79 Å². The number of nitrogens with zero attached hydrogens (tertiary/aromatic N) is 2. The number of benzene rings is 2. The monoisotopic (exact) mass is 509 g/mol. The summed E-state index contributed by atoms with van der Waals surface area (Å²) in [7, 11) is 2.63. The van der Waals surface area contributed by atoms with E-state index < -0.39 is 55.1 Å². The van der Waals surface area contributed by atoms with E-state index in [2.05, 4.69) is 5.32 Å². The van der Waals surface area contributed by atoms with Gasteiger partial charge in [-0.2, -0.15) is 0 Å². The Morgan fingerprint density at radius 1 is 0.865 bits per heavy atom. The van der Waals surface area contributed by atoms with E-state index in [9.17, 15) is 34.8 Å². The smallest absolute Gasteiger partial charge is 0.333 e. The summed E-state index contributed by atoms with van der Waals surface area (Å²) in [5.74, 6) is -1.43. The van der Waals surface area contributed by atoms with Crippen LogP contribution in [-0.4, -0.2) is 106 Å². The summed E-state index contributed by atoms with van der Waals surface area (Å²) in [6, 6.07) is 10.9. The van der Waals surface area contributed by atoms with Crippen LogP contribution >= 0.6 is 0 Å². The van der Waals surface area contributed by atoms with Gasteiger partial charge in [0.1, 0.15) is 23.9 Å². The molecule has 2 heterocycles. The summed E-state index contributed by atoms with van der Waals surface area (Å²) in [5, 5.41) is 44.6. The highest BCUT2D eigenvalue weighted by Crippen LogP contribution is 2.31. The van der Waals surface area contributed by atoms with E-state index in [4.69, 9.17) is 4.74 Å². The van der Waals surface area contributed by atoms with Gasteiger partial charge in [0.05, 0.1) is 12.6 Å². The maximum absolute atomic E-state index is 13.1. The number of aliphatic hydroxyl groups excluding tert-OH is 4. The molecule has 3 aliphatic rings. The van der Waals surface area contributed by atoms with Crippen molar-refractivity contribution < 1.29 is 39.5 Å². The average molecular weight is 510 g/mol. The summed E-state index contributed by atoms with van der Waals surface area (Å²) in [6.45, 7) is -0.504. The highest BCUT2D eigenvalue weighted by Gasteiger charge is 2.44.